The molecule has 0 aromatic heterocycles. The van der Waals surface area contributed by atoms with Crippen molar-refractivity contribution < 1.29 is 19.4 Å². The molecule has 0 amide bonds. The second-order valence-corrected chi connectivity index (χ2v) is 5.56. The highest BCUT2D eigenvalue weighted by atomic mass is 16.5. The zero-order valence-corrected chi connectivity index (χ0v) is 13.6. The van der Waals surface area contributed by atoms with E-state index in [1.165, 1.54) is 25.7 Å². The normalized spacial score (nSPS) is 10.6. The van der Waals surface area contributed by atoms with E-state index in [4.69, 9.17) is 9.47 Å². The Morgan fingerprint density at radius 1 is 0.958 bits per heavy atom. The van der Waals surface area contributed by atoms with E-state index in [0.29, 0.717) is 16.5 Å². The molecule has 0 saturated carbocycles. The van der Waals surface area contributed by atoms with Crippen LogP contribution in [0.25, 0.3) is 10.8 Å². The van der Waals surface area contributed by atoms with Crippen molar-refractivity contribution in [2.24, 2.45) is 0 Å². The van der Waals surface area contributed by atoms with Gasteiger partial charge in [-0.1, -0.05) is 42.5 Å². The van der Waals surface area contributed by atoms with Crippen LogP contribution < -0.4 is 9.47 Å². The number of fused-ring (bicyclic) bond motifs is 1. The van der Waals surface area contributed by atoms with Crippen LogP contribution in [0.3, 0.4) is 0 Å². The van der Waals surface area contributed by atoms with Gasteiger partial charge in [0.2, 0.25) is 0 Å². The summed E-state index contributed by atoms with van der Waals surface area (Å²) in [6.45, 7) is 1.35. The minimum Gasteiger partial charge on any atom is -0.504 e. The van der Waals surface area contributed by atoms with Crippen LogP contribution in [0, 0.1) is 0 Å². The predicted molar refractivity (Wildman–Crippen MR) is 92.7 cm³/mol. The van der Waals surface area contributed by atoms with E-state index < -0.39 is 5.97 Å². The minimum absolute atomic E-state index is 0.0367. The highest BCUT2D eigenvalue weighted by Crippen LogP contribution is 2.41. The lowest BCUT2D eigenvalue weighted by atomic mass is 10.00. The molecular weight excluding hydrogens is 304 g/mol. The van der Waals surface area contributed by atoms with Crippen LogP contribution in [0.5, 0.6) is 17.2 Å². The molecule has 0 unspecified atom stereocenters. The summed E-state index contributed by atoms with van der Waals surface area (Å²) in [5.74, 6) is 0.267. The van der Waals surface area contributed by atoms with Gasteiger partial charge in [-0.15, -0.1) is 0 Å². The molecule has 0 aliphatic heterocycles. The van der Waals surface area contributed by atoms with Crippen molar-refractivity contribution in [2.45, 2.75) is 13.3 Å². The summed E-state index contributed by atoms with van der Waals surface area (Å²) in [7, 11) is 1.46. The number of carbonyl (C=O) groups is 1. The zero-order chi connectivity index (χ0) is 17.1. The first-order valence-electron chi connectivity index (χ1n) is 7.63. The Hall–Kier alpha value is -3.01. The van der Waals surface area contributed by atoms with Gasteiger partial charge in [0.15, 0.2) is 11.5 Å². The van der Waals surface area contributed by atoms with Gasteiger partial charge in [0.25, 0.3) is 0 Å². The van der Waals surface area contributed by atoms with Crippen LogP contribution in [0.4, 0.5) is 0 Å². The Morgan fingerprint density at radius 3 is 2.38 bits per heavy atom. The van der Waals surface area contributed by atoms with Crippen LogP contribution in [-0.2, 0) is 11.2 Å². The van der Waals surface area contributed by atoms with Crippen molar-refractivity contribution >= 4 is 16.7 Å². The summed E-state index contributed by atoms with van der Waals surface area (Å²) in [4.78, 5) is 11.4. The van der Waals surface area contributed by atoms with Crippen LogP contribution in [0.2, 0.25) is 0 Å². The topological polar surface area (TPSA) is 55.8 Å². The lowest BCUT2D eigenvalue weighted by Gasteiger charge is -2.13. The molecular formula is C20H18O4. The highest BCUT2D eigenvalue weighted by Gasteiger charge is 2.15. The molecule has 0 radical (unpaired) electrons. The predicted octanol–water partition coefficient (Wildman–Crippen LogP) is 4.07. The Kier molecular flexibility index (Phi) is 4.38. The van der Waals surface area contributed by atoms with Gasteiger partial charge in [0, 0.05) is 23.8 Å². The van der Waals surface area contributed by atoms with Crippen molar-refractivity contribution in [3.63, 3.8) is 0 Å². The maximum absolute atomic E-state index is 11.4. The first-order valence-corrected chi connectivity index (χ1v) is 7.63. The van der Waals surface area contributed by atoms with Crippen LogP contribution in [0.1, 0.15) is 18.1 Å². The summed E-state index contributed by atoms with van der Waals surface area (Å²) in [6, 6.07) is 17.3. The third-order valence-electron chi connectivity index (χ3n) is 3.82. The monoisotopic (exact) mass is 322 g/mol. The molecule has 3 rings (SSSR count). The first kappa shape index (κ1) is 15.9. The fourth-order valence-corrected chi connectivity index (χ4v) is 2.74. The van der Waals surface area contributed by atoms with E-state index in [1.54, 1.807) is 0 Å². The Morgan fingerprint density at radius 2 is 1.71 bits per heavy atom. The maximum Gasteiger partial charge on any atom is 0.308 e. The fourth-order valence-electron chi connectivity index (χ4n) is 2.74. The first-order chi connectivity index (χ1) is 11.6. The standard InChI is InChI=1S/C20H18O4/c1-13(21)24-18-12-19(23-2)20(22)16-9-8-15(11-17(16)18)10-14-6-4-3-5-7-14/h3-9,11-12,22H,10H2,1-2H3. The van der Waals surface area contributed by atoms with E-state index in [9.17, 15) is 9.90 Å². The number of phenolic OH excluding ortho intramolecular Hbond substituents is 1. The van der Waals surface area contributed by atoms with Crippen molar-refractivity contribution in [1.29, 1.82) is 0 Å². The Labute approximate surface area is 140 Å². The van der Waals surface area contributed by atoms with Gasteiger partial charge < -0.3 is 14.6 Å². The van der Waals surface area contributed by atoms with E-state index in [0.717, 1.165) is 12.0 Å². The highest BCUT2D eigenvalue weighted by molar-refractivity contribution is 5.97. The van der Waals surface area contributed by atoms with Crippen molar-refractivity contribution in [3.8, 4) is 17.2 Å². The van der Waals surface area contributed by atoms with E-state index >= 15 is 0 Å². The van der Waals surface area contributed by atoms with Gasteiger partial charge in [0.05, 0.1) is 7.11 Å². The molecule has 0 fully saturated rings. The van der Waals surface area contributed by atoms with Gasteiger partial charge in [-0.3, -0.25) is 4.79 Å². The molecule has 1 N–H and O–H groups in total. The van der Waals surface area contributed by atoms with Gasteiger partial charge in [0.1, 0.15) is 5.75 Å². The fraction of sp³-hybridized carbons (Fsp3) is 0.150. The lowest BCUT2D eigenvalue weighted by Crippen LogP contribution is -2.02. The van der Waals surface area contributed by atoms with Crippen molar-refractivity contribution in [1.82, 2.24) is 0 Å². The number of aromatic hydroxyl groups is 1. The Bertz CT molecular complexity index is 885. The Balaban J connectivity index is 2.11. The molecule has 0 aliphatic rings. The molecule has 122 valence electrons. The minimum atomic E-state index is -0.419. The van der Waals surface area contributed by atoms with Crippen molar-refractivity contribution in [2.75, 3.05) is 7.11 Å². The number of phenols is 1. The molecule has 24 heavy (non-hydrogen) atoms. The summed E-state index contributed by atoms with van der Waals surface area (Å²) in [5.41, 5.74) is 2.25. The largest absolute Gasteiger partial charge is 0.504 e. The SMILES string of the molecule is COc1cc(OC(C)=O)c2cc(Cc3ccccc3)ccc2c1O. The number of esters is 1. The van der Waals surface area contributed by atoms with Gasteiger partial charge in [-0.05, 0) is 23.6 Å². The van der Waals surface area contributed by atoms with E-state index in [1.807, 2.05) is 36.4 Å². The van der Waals surface area contributed by atoms with Crippen LogP contribution in [0.15, 0.2) is 54.6 Å². The molecule has 4 heteroatoms. The van der Waals surface area contributed by atoms with Gasteiger partial charge >= 0.3 is 5.97 Å². The summed E-state index contributed by atoms with van der Waals surface area (Å²) in [6.07, 6.45) is 0.753. The van der Waals surface area contributed by atoms with Crippen LogP contribution >= 0.6 is 0 Å². The molecule has 0 saturated heterocycles. The number of rotatable bonds is 4. The quantitative estimate of drug-likeness (QED) is 0.581. The maximum atomic E-state index is 11.4. The molecule has 4 nitrogen and oxygen atoms in total. The smallest absolute Gasteiger partial charge is 0.308 e. The van der Waals surface area contributed by atoms with E-state index in [2.05, 4.69) is 12.1 Å². The summed E-state index contributed by atoms with van der Waals surface area (Å²) >= 11 is 0. The lowest BCUT2D eigenvalue weighted by molar-refractivity contribution is -0.131. The van der Waals surface area contributed by atoms with E-state index in [-0.39, 0.29) is 11.5 Å². The van der Waals surface area contributed by atoms with Gasteiger partial charge in [-0.2, -0.15) is 0 Å². The number of methoxy groups -OCH3 is 1. The molecule has 3 aromatic carbocycles. The molecule has 0 spiro atoms. The average Bonchev–Trinajstić information content (AvgIpc) is 2.58. The average molecular weight is 322 g/mol. The second-order valence-electron chi connectivity index (χ2n) is 5.56. The number of benzene rings is 3. The summed E-state index contributed by atoms with van der Waals surface area (Å²) < 4.78 is 10.5. The van der Waals surface area contributed by atoms with Crippen LogP contribution in [-0.4, -0.2) is 18.2 Å². The van der Waals surface area contributed by atoms with Gasteiger partial charge in [-0.25, -0.2) is 0 Å². The number of hydrogen-bond donors (Lipinski definition) is 1. The van der Waals surface area contributed by atoms with Crippen molar-refractivity contribution in [3.05, 3.63) is 65.7 Å². The molecule has 3 aromatic rings. The number of ether oxygens (including phenoxy) is 2. The molecule has 0 atom stereocenters. The zero-order valence-electron chi connectivity index (χ0n) is 13.6. The molecule has 0 aliphatic carbocycles. The number of hydrogen-bond acceptors (Lipinski definition) is 4. The molecule has 0 heterocycles. The molecule has 0 bridgehead atoms. The third-order valence-corrected chi connectivity index (χ3v) is 3.82. The number of carbonyl (C=O) groups excluding carboxylic acids is 1. The summed E-state index contributed by atoms with van der Waals surface area (Å²) in [5, 5.41) is 11.6. The second kappa shape index (κ2) is 6.62. The third kappa shape index (κ3) is 3.18.